The predicted molar refractivity (Wildman–Crippen MR) is 106 cm³/mol. The number of ether oxygens (including phenoxy) is 4. The predicted octanol–water partition coefficient (Wildman–Crippen LogP) is 1.84. The Kier molecular flexibility index (Phi) is 4.51. The third kappa shape index (κ3) is 3.33. The van der Waals surface area contributed by atoms with E-state index in [0.29, 0.717) is 44.3 Å². The fourth-order valence-corrected chi connectivity index (χ4v) is 4.04. The standard InChI is InChI=1S/C22H22N2O6/c1-15-2-4-16(5-3-15)13-23-8-9-24(22(14-23)29-20(25)21(26)30-22)17-6-7-18-19(12-17)28-11-10-27-18/h2-7,12H,8-11,13-14H2,1H3. The molecule has 3 aliphatic rings. The average molecular weight is 410 g/mol. The maximum atomic E-state index is 12.0. The largest absolute Gasteiger partial charge is 0.486 e. The van der Waals surface area contributed by atoms with Gasteiger partial charge in [0.1, 0.15) is 13.2 Å². The van der Waals surface area contributed by atoms with Gasteiger partial charge in [-0.25, -0.2) is 9.59 Å². The number of aryl methyl sites for hydroxylation is 1. The molecule has 0 bridgehead atoms. The SMILES string of the molecule is Cc1ccc(CN2CCN(c3ccc4c(c3)OCCO4)C3(C2)OC(=O)C(=O)O3)cc1. The molecule has 0 aromatic heterocycles. The summed E-state index contributed by atoms with van der Waals surface area (Å²) in [7, 11) is 0. The number of nitrogens with zero attached hydrogens (tertiary/aromatic N) is 2. The first kappa shape index (κ1) is 18.7. The Balaban J connectivity index is 1.43. The van der Waals surface area contributed by atoms with Gasteiger partial charge in [-0.2, -0.15) is 0 Å². The van der Waals surface area contributed by atoms with Crippen molar-refractivity contribution in [3.8, 4) is 11.5 Å². The summed E-state index contributed by atoms with van der Waals surface area (Å²) in [5.41, 5.74) is 3.06. The highest BCUT2D eigenvalue weighted by atomic mass is 16.8. The summed E-state index contributed by atoms with van der Waals surface area (Å²) in [6.07, 6.45) is 0. The van der Waals surface area contributed by atoms with Crippen molar-refractivity contribution in [2.24, 2.45) is 0 Å². The molecule has 0 unspecified atom stereocenters. The Morgan fingerprint density at radius 2 is 1.60 bits per heavy atom. The van der Waals surface area contributed by atoms with Gasteiger partial charge in [-0.05, 0) is 24.6 Å². The second-order valence-corrected chi connectivity index (χ2v) is 7.67. The Labute approximate surface area is 173 Å². The zero-order valence-electron chi connectivity index (χ0n) is 16.6. The van der Waals surface area contributed by atoms with Crippen LogP contribution in [0.5, 0.6) is 11.5 Å². The van der Waals surface area contributed by atoms with Gasteiger partial charge in [0.05, 0.1) is 6.54 Å². The Bertz CT molecular complexity index is 974. The fourth-order valence-electron chi connectivity index (χ4n) is 4.04. The van der Waals surface area contributed by atoms with Crippen molar-refractivity contribution in [3.05, 3.63) is 53.6 Å². The van der Waals surface area contributed by atoms with Crippen molar-refractivity contribution in [1.82, 2.24) is 4.90 Å². The van der Waals surface area contributed by atoms with Gasteiger partial charge in [0, 0.05) is 31.4 Å². The van der Waals surface area contributed by atoms with Crippen LogP contribution in [0, 0.1) is 6.92 Å². The molecule has 0 amide bonds. The average Bonchev–Trinajstić information content (AvgIpc) is 3.02. The van der Waals surface area contributed by atoms with E-state index in [4.69, 9.17) is 18.9 Å². The van der Waals surface area contributed by atoms with Gasteiger partial charge in [0.2, 0.25) is 0 Å². The highest BCUT2D eigenvalue weighted by Gasteiger charge is 2.56. The van der Waals surface area contributed by atoms with Crippen molar-refractivity contribution >= 4 is 17.6 Å². The second-order valence-electron chi connectivity index (χ2n) is 7.67. The van der Waals surface area contributed by atoms with E-state index in [-0.39, 0.29) is 6.54 Å². The molecule has 0 aliphatic carbocycles. The summed E-state index contributed by atoms with van der Waals surface area (Å²) in [6.45, 7) is 5.13. The van der Waals surface area contributed by atoms with Gasteiger partial charge in [0.15, 0.2) is 11.5 Å². The molecule has 2 aromatic carbocycles. The van der Waals surface area contributed by atoms with Gasteiger partial charge >= 0.3 is 17.8 Å². The lowest BCUT2D eigenvalue weighted by atomic mass is 10.1. The molecular formula is C22H22N2O6. The van der Waals surface area contributed by atoms with Crippen molar-refractivity contribution in [2.45, 2.75) is 19.4 Å². The Morgan fingerprint density at radius 3 is 2.33 bits per heavy atom. The number of anilines is 1. The number of carbonyl (C=O) groups is 2. The molecule has 2 fully saturated rings. The van der Waals surface area contributed by atoms with Crippen LogP contribution >= 0.6 is 0 Å². The van der Waals surface area contributed by atoms with Crippen molar-refractivity contribution in [2.75, 3.05) is 37.7 Å². The fraction of sp³-hybridized carbons (Fsp3) is 0.364. The third-order valence-electron chi connectivity index (χ3n) is 5.51. The lowest BCUT2D eigenvalue weighted by Gasteiger charge is -2.46. The number of fused-ring (bicyclic) bond motifs is 1. The van der Waals surface area contributed by atoms with E-state index in [1.807, 2.05) is 25.1 Å². The molecule has 5 rings (SSSR count). The van der Waals surface area contributed by atoms with Crippen LogP contribution in [0.15, 0.2) is 42.5 Å². The first-order valence-electron chi connectivity index (χ1n) is 9.94. The van der Waals surface area contributed by atoms with E-state index in [9.17, 15) is 9.59 Å². The van der Waals surface area contributed by atoms with Crippen LogP contribution in [0.2, 0.25) is 0 Å². The van der Waals surface area contributed by atoms with Gasteiger partial charge in [0.25, 0.3) is 0 Å². The van der Waals surface area contributed by atoms with Gasteiger partial charge < -0.3 is 18.9 Å². The number of benzene rings is 2. The van der Waals surface area contributed by atoms with Crippen LogP contribution in [-0.4, -0.2) is 55.6 Å². The van der Waals surface area contributed by atoms with Crippen LogP contribution in [0.25, 0.3) is 0 Å². The van der Waals surface area contributed by atoms with Gasteiger partial charge in [-0.3, -0.25) is 9.80 Å². The zero-order valence-corrected chi connectivity index (χ0v) is 16.6. The molecule has 3 aliphatic heterocycles. The summed E-state index contributed by atoms with van der Waals surface area (Å²) in [4.78, 5) is 27.9. The summed E-state index contributed by atoms with van der Waals surface area (Å²) < 4.78 is 22.3. The molecular weight excluding hydrogens is 388 g/mol. The van der Waals surface area contributed by atoms with Crippen LogP contribution in [0.4, 0.5) is 5.69 Å². The number of esters is 2. The highest BCUT2D eigenvalue weighted by Crippen LogP contribution is 2.39. The van der Waals surface area contributed by atoms with E-state index in [1.54, 1.807) is 4.90 Å². The smallest absolute Gasteiger partial charge is 0.422 e. The highest BCUT2D eigenvalue weighted by molar-refractivity contribution is 6.31. The molecule has 0 saturated carbocycles. The van der Waals surface area contributed by atoms with E-state index >= 15 is 0 Å². The number of hydrogen-bond acceptors (Lipinski definition) is 8. The summed E-state index contributed by atoms with van der Waals surface area (Å²) >= 11 is 0. The van der Waals surface area contributed by atoms with Crippen LogP contribution in [0.1, 0.15) is 11.1 Å². The minimum atomic E-state index is -1.50. The van der Waals surface area contributed by atoms with E-state index < -0.39 is 17.8 Å². The molecule has 8 nitrogen and oxygen atoms in total. The molecule has 30 heavy (non-hydrogen) atoms. The zero-order chi connectivity index (χ0) is 20.7. The lowest BCUT2D eigenvalue weighted by molar-refractivity contribution is -0.193. The van der Waals surface area contributed by atoms with E-state index in [0.717, 1.165) is 11.3 Å². The topological polar surface area (TPSA) is 77.5 Å². The molecule has 8 heteroatoms. The molecule has 0 atom stereocenters. The van der Waals surface area contributed by atoms with Crippen molar-refractivity contribution in [3.63, 3.8) is 0 Å². The Hall–Kier alpha value is -3.26. The second kappa shape index (κ2) is 7.21. The molecule has 0 radical (unpaired) electrons. The maximum absolute atomic E-state index is 12.0. The molecule has 3 heterocycles. The number of rotatable bonds is 3. The van der Waals surface area contributed by atoms with Gasteiger partial charge in [-0.15, -0.1) is 0 Å². The molecule has 156 valence electrons. The summed E-state index contributed by atoms with van der Waals surface area (Å²) in [6, 6.07) is 13.8. The number of hydrogen-bond donors (Lipinski definition) is 0. The first-order valence-corrected chi connectivity index (χ1v) is 9.94. The summed E-state index contributed by atoms with van der Waals surface area (Å²) in [5, 5.41) is 0. The number of carbonyl (C=O) groups excluding carboxylic acids is 2. The molecule has 0 N–H and O–H groups in total. The minimum Gasteiger partial charge on any atom is -0.486 e. The van der Waals surface area contributed by atoms with Crippen molar-refractivity contribution in [1.29, 1.82) is 0 Å². The monoisotopic (exact) mass is 410 g/mol. The number of piperazine rings is 1. The van der Waals surface area contributed by atoms with E-state index in [1.165, 1.54) is 5.56 Å². The van der Waals surface area contributed by atoms with Gasteiger partial charge in [-0.1, -0.05) is 29.8 Å². The third-order valence-corrected chi connectivity index (χ3v) is 5.51. The van der Waals surface area contributed by atoms with E-state index in [2.05, 4.69) is 29.2 Å². The lowest BCUT2D eigenvalue weighted by Crippen LogP contribution is -2.63. The molecule has 2 aromatic rings. The van der Waals surface area contributed by atoms with Crippen molar-refractivity contribution < 1.29 is 28.5 Å². The quantitative estimate of drug-likeness (QED) is 0.561. The van der Waals surface area contributed by atoms with Crippen LogP contribution in [0.3, 0.4) is 0 Å². The Morgan fingerprint density at radius 1 is 0.900 bits per heavy atom. The first-order chi connectivity index (χ1) is 14.5. The van der Waals surface area contributed by atoms with Crippen LogP contribution in [-0.2, 0) is 25.6 Å². The normalized spacial score (nSPS) is 20.2. The summed E-state index contributed by atoms with van der Waals surface area (Å²) in [5.74, 6) is -2.17. The molecule has 2 saturated heterocycles. The molecule has 1 spiro atoms. The van der Waals surface area contributed by atoms with Crippen LogP contribution < -0.4 is 14.4 Å². The minimum absolute atomic E-state index is 0.243. The maximum Gasteiger partial charge on any atom is 0.422 e.